The normalized spacial score (nSPS) is 9.58. The Morgan fingerprint density at radius 1 is 0.895 bits per heavy atom. The standard InChI is InChI=1S/C12H14N6O.C7H9N3.C5H7NO.2ClH/c13-12-14-6-9(15-12)3-4-10-7-18(17-16-10)8-11-2-1-5-19-11;1-2-3-4-6-5-9-7(8)10-6;6-4-5-2-1-3-7-5;;/h1-2,5-7H,3-4,8H2,(H3,13,14,15);1,5H,3-4H2,(H3,8,9,10);1-3H,4,6H2;2*1H. The van der Waals surface area contributed by atoms with E-state index >= 15 is 0 Å². The number of nitrogens with zero attached hydrogens (tertiary/aromatic N) is 5. The maximum absolute atomic E-state index is 5.52. The van der Waals surface area contributed by atoms with Gasteiger partial charge in [0.05, 0.1) is 37.2 Å². The number of halogens is 2. The summed E-state index contributed by atoms with van der Waals surface area (Å²) in [6.07, 6.45) is 16.8. The predicted octanol–water partition coefficient (Wildman–Crippen LogP) is 3.15. The van der Waals surface area contributed by atoms with Gasteiger partial charge in [-0.15, -0.1) is 42.3 Å². The summed E-state index contributed by atoms with van der Waals surface area (Å²) in [7, 11) is 0. The van der Waals surface area contributed by atoms with Crippen molar-refractivity contribution in [2.24, 2.45) is 5.73 Å². The molecule has 14 heteroatoms. The smallest absolute Gasteiger partial charge is 0.197 e. The molecule has 0 bridgehead atoms. The number of imidazole rings is 2. The topological polar surface area (TPSA) is 192 Å². The molecule has 0 unspecified atom stereocenters. The summed E-state index contributed by atoms with van der Waals surface area (Å²) in [6, 6.07) is 7.44. The monoisotopic (exact) mass is 562 g/mol. The molecule has 0 radical (unpaired) electrons. The molecule has 12 nitrogen and oxygen atoms in total. The molecular weight excluding hydrogens is 531 g/mol. The zero-order chi connectivity index (χ0) is 25.6. The van der Waals surface area contributed by atoms with Crippen LogP contribution >= 0.6 is 24.8 Å². The van der Waals surface area contributed by atoms with Gasteiger partial charge < -0.3 is 36.0 Å². The predicted molar refractivity (Wildman–Crippen MR) is 149 cm³/mol. The zero-order valence-corrected chi connectivity index (χ0v) is 22.3. The average molecular weight is 563 g/mol. The Kier molecular flexibility index (Phi) is 14.5. The van der Waals surface area contributed by atoms with E-state index in [9.17, 15) is 0 Å². The second kappa shape index (κ2) is 17.3. The Morgan fingerprint density at radius 2 is 1.50 bits per heavy atom. The summed E-state index contributed by atoms with van der Waals surface area (Å²) in [5, 5.41) is 8.19. The van der Waals surface area contributed by atoms with Crippen molar-refractivity contribution in [2.75, 3.05) is 11.5 Å². The van der Waals surface area contributed by atoms with Crippen molar-refractivity contribution in [1.29, 1.82) is 0 Å². The van der Waals surface area contributed by atoms with Crippen LogP contribution in [-0.4, -0.2) is 34.9 Å². The van der Waals surface area contributed by atoms with Crippen LogP contribution in [0.2, 0.25) is 0 Å². The van der Waals surface area contributed by atoms with Gasteiger partial charge in [0.15, 0.2) is 11.9 Å². The first kappa shape index (κ1) is 31.8. The van der Waals surface area contributed by atoms with Crippen LogP contribution in [0.5, 0.6) is 0 Å². The summed E-state index contributed by atoms with van der Waals surface area (Å²) in [6.45, 7) is 1.09. The van der Waals surface area contributed by atoms with E-state index in [1.807, 2.05) is 30.5 Å². The van der Waals surface area contributed by atoms with E-state index in [1.54, 1.807) is 29.6 Å². The van der Waals surface area contributed by atoms with Crippen molar-refractivity contribution in [3.05, 3.63) is 84.0 Å². The van der Waals surface area contributed by atoms with Crippen molar-refractivity contribution in [3.8, 4) is 12.3 Å². The first-order valence-electron chi connectivity index (χ1n) is 11.2. The van der Waals surface area contributed by atoms with Crippen LogP contribution in [0.4, 0.5) is 11.9 Å². The third kappa shape index (κ3) is 11.3. The Balaban J connectivity index is 0.000000321. The highest BCUT2D eigenvalue weighted by atomic mass is 35.5. The largest absolute Gasteiger partial charge is 0.468 e. The maximum Gasteiger partial charge on any atom is 0.197 e. The van der Waals surface area contributed by atoms with Crippen LogP contribution in [0.1, 0.15) is 35.0 Å². The summed E-state index contributed by atoms with van der Waals surface area (Å²) < 4.78 is 11.9. The molecule has 204 valence electrons. The van der Waals surface area contributed by atoms with Crippen LogP contribution < -0.4 is 17.2 Å². The number of terminal acetylenes is 1. The first-order chi connectivity index (χ1) is 17.6. The molecule has 5 aromatic rings. The lowest BCUT2D eigenvalue weighted by molar-refractivity contribution is 0.475. The van der Waals surface area contributed by atoms with Gasteiger partial charge in [-0.2, -0.15) is 0 Å². The number of H-pyrrole nitrogens is 2. The minimum absolute atomic E-state index is 0. The molecule has 0 aliphatic carbocycles. The van der Waals surface area contributed by atoms with Crippen molar-refractivity contribution < 1.29 is 8.83 Å². The Labute approximate surface area is 232 Å². The fourth-order valence-corrected chi connectivity index (χ4v) is 3.00. The number of nitrogens with one attached hydrogen (secondary N) is 2. The molecular formula is C24H32Cl2N10O2. The molecule has 0 saturated carbocycles. The lowest BCUT2D eigenvalue weighted by atomic mass is 10.2. The maximum atomic E-state index is 5.52. The van der Waals surface area contributed by atoms with Gasteiger partial charge >= 0.3 is 0 Å². The van der Waals surface area contributed by atoms with E-state index in [2.05, 4.69) is 36.2 Å². The molecule has 0 spiro atoms. The van der Waals surface area contributed by atoms with Crippen molar-refractivity contribution in [3.63, 3.8) is 0 Å². The lowest BCUT2D eigenvalue weighted by Crippen LogP contribution is -1.98. The van der Waals surface area contributed by atoms with Gasteiger partial charge in [-0.3, -0.25) is 0 Å². The Morgan fingerprint density at radius 3 is 1.97 bits per heavy atom. The van der Waals surface area contributed by atoms with Crippen molar-refractivity contribution in [1.82, 2.24) is 34.9 Å². The molecule has 5 heterocycles. The fourth-order valence-electron chi connectivity index (χ4n) is 3.00. The van der Waals surface area contributed by atoms with Crippen LogP contribution in [0.25, 0.3) is 0 Å². The molecule has 5 rings (SSSR count). The zero-order valence-electron chi connectivity index (χ0n) is 20.6. The highest BCUT2D eigenvalue weighted by molar-refractivity contribution is 5.85. The Bertz CT molecular complexity index is 1300. The molecule has 0 aromatic carbocycles. The second-order valence-corrected chi connectivity index (χ2v) is 7.56. The number of aromatic amines is 2. The van der Waals surface area contributed by atoms with E-state index in [1.165, 1.54) is 0 Å². The highest BCUT2D eigenvalue weighted by Crippen LogP contribution is 2.06. The van der Waals surface area contributed by atoms with Crippen LogP contribution in [0, 0.1) is 12.3 Å². The minimum Gasteiger partial charge on any atom is -0.468 e. The first-order valence-corrected chi connectivity index (χ1v) is 11.2. The van der Waals surface area contributed by atoms with Gasteiger partial charge in [0.25, 0.3) is 0 Å². The minimum atomic E-state index is 0. The van der Waals surface area contributed by atoms with E-state index < -0.39 is 0 Å². The third-order valence-corrected chi connectivity index (χ3v) is 4.75. The lowest BCUT2D eigenvalue weighted by Gasteiger charge is -1.95. The molecule has 0 saturated heterocycles. The summed E-state index contributed by atoms with van der Waals surface area (Å²) in [5.41, 5.74) is 19.0. The van der Waals surface area contributed by atoms with E-state index in [-0.39, 0.29) is 24.8 Å². The van der Waals surface area contributed by atoms with Crippen LogP contribution in [-0.2, 0) is 32.4 Å². The molecule has 5 aromatic heterocycles. The van der Waals surface area contributed by atoms with E-state index in [0.717, 1.165) is 54.3 Å². The number of anilines is 2. The van der Waals surface area contributed by atoms with E-state index in [4.69, 9.17) is 32.5 Å². The summed E-state index contributed by atoms with van der Waals surface area (Å²) in [5.74, 6) is 5.12. The summed E-state index contributed by atoms with van der Waals surface area (Å²) >= 11 is 0. The van der Waals surface area contributed by atoms with Crippen molar-refractivity contribution >= 4 is 36.7 Å². The van der Waals surface area contributed by atoms with Crippen LogP contribution in [0.15, 0.2) is 64.2 Å². The molecule has 0 atom stereocenters. The van der Waals surface area contributed by atoms with Crippen molar-refractivity contribution in [2.45, 2.75) is 38.8 Å². The highest BCUT2D eigenvalue weighted by Gasteiger charge is 2.05. The number of rotatable bonds is 8. The number of nitrogen functional groups attached to an aromatic ring is 2. The second-order valence-electron chi connectivity index (χ2n) is 7.56. The number of hydrogen-bond acceptors (Lipinski definition) is 9. The molecule has 0 aliphatic heterocycles. The van der Waals surface area contributed by atoms with Gasteiger partial charge in [0.1, 0.15) is 18.1 Å². The fraction of sp³-hybridized carbons (Fsp3) is 0.250. The number of aromatic nitrogens is 7. The van der Waals surface area contributed by atoms with Gasteiger partial charge in [0, 0.05) is 30.4 Å². The van der Waals surface area contributed by atoms with Gasteiger partial charge in [-0.25, -0.2) is 14.6 Å². The van der Waals surface area contributed by atoms with Gasteiger partial charge in [-0.1, -0.05) is 5.21 Å². The number of aryl methyl sites for hydroxylation is 3. The summed E-state index contributed by atoms with van der Waals surface area (Å²) in [4.78, 5) is 13.6. The molecule has 38 heavy (non-hydrogen) atoms. The van der Waals surface area contributed by atoms with Gasteiger partial charge in [0.2, 0.25) is 0 Å². The number of nitrogens with two attached hydrogens (primary N) is 3. The van der Waals surface area contributed by atoms with E-state index in [0.29, 0.717) is 25.0 Å². The SMILES string of the molecule is C#CCCc1cnc(N)[nH]1.Cl.Cl.NCc1ccco1.Nc1ncc(CCc2cn(Cc3ccco3)nn2)[nH]1. The Hall–Kier alpha value is -4.18. The molecule has 0 amide bonds. The third-order valence-electron chi connectivity index (χ3n) is 4.75. The van der Waals surface area contributed by atoms with Gasteiger partial charge in [-0.05, 0) is 37.1 Å². The van der Waals surface area contributed by atoms with Crippen LogP contribution in [0.3, 0.4) is 0 Å². The quantitative estimate of drug-likeness (QED) is 0.176. The molecule has 8 N–H and O–H groups in total. The average Bonchev–Trinajstić information content (AvgIpc) is 3.71. The molecule has 0 aliphatic rings. The number of hydrogen-bond donors (Lipinski definition) is 5. The molecule has 0 fully saturated rings. The number of furan rings is 2.